The number of nitrogens with one attached hydrogen (secondary N) is 1. The second-order valence-electron chi connectivity index (χ2n) is 4.67. The standard InChI is InChI=1S/C12H26N2/c1-4-8-14(5-2)10-12-9-11(3)6-7-13-12/h11-13H,4-10H2,1-3H3. The van der Waals surface area contributed by atoms with Crippen LogP contribution in [0.25, 0.3) is 0 Å². The predicted octanol–water partition coefficient (Wildman–Crippen LogP) is 2.11. The maximum atomic E-state index is 3.63. The minimum atomic E-state index is 0.741. The number of likely N-dealkylation sites (N-methyl/N-ethyl adjacent to an activating group) is 1. The maximum Gasteiger partial charge on any atom is 0.0197 e. The van der Waals surface area contributed by atoms with E-state index in [-0.39, 0.29) is 0 Å². The second kappa shape index (κ2) is 6.41. The number of nitrogens with zero attached hydrogens (tertiary/aromatic N) is 1. The lowest BCUT2D eigenvalue weighted by Gasteiger charge is -2.32. The van der Waals surface area contributed by atoms with Crippen LogP contribution in [-0.4, -0.2) is 37.1 Å². The molecule has 0 aromatic rings. The van der Waals surface area contributed by atoms with Crippen LogP contribution in [0.5, 0.6) is 0 Å². The van der Waals surface area contributed by atoms with E-state index in [9.17, 15) is 0 Å². The lowest BCUT2D eigenvalue weighted by molar-refractivity contribution is 0.213. The molecule has 0 aromatic carbocycles. The molecule has 2 unspecified atom stereocenters. The van der Waals surface area contributed by atoms with Crippen molar-refractivity contribution < 1.29 is 0 Å². The molecule has 1 aliphatic heterocycles. The molecule has 0 aromatic heterocycles. The van der Waals surface area contributed by atoms with Crippen molar-refractivity contribution in [1.82, 2.24) is 10.2 Å². The Morgan fingerprint density at radius 2 is 2.14 bits per heavy atom. The second-order valence-corrected chi connectivity index (χ2v) is 4.67. The third-order valence-corrected chi connectivity index (χ3v) is 3.22. The van der Waals surface area contributed by atoms with Crippen LogP contribution in [-0.2, 0) is 0 Å². The van der Waals surface area contributed by atoms with Gasteiger partial charge in [-0.3, -0.25) is 0 Å². The van der Waals surface area contributed by atoms with Gasteiger partial charge in [-0.05, 0) is 44.8 Å². The molecule has 14 heavy (non-hydrogen) atoms. The van der Waals surface area contributed by atoms with Crippen molar-refractivity contribution in [2.45, 2.75) is 46.1 Å². The molecular formula is C12H26N2. The van der Waals surface area contributed by atoms with E-state index in [0.29, 0.717) is 0 Å². The van der Waals surface area contributed by atoms with Gasteiger partial charge in [-0.2, -0.15) is 0 Å². The zero-order valence-electron chi connectivity index (χ0n) is 10.1. The highest BCUT2D eigenvalue weighted by Gasteiger charge is 2.19. The van der Waals surface area contributed by atoms with Gasteiger partial charge in [-0.1, -0.05) is 20.8 Å². The Morgan fingerprint density at radius 3 is 2.71 bits per heavy atom. The van der Waals surface area contributed by atoms with Crippen LogP contribution in [0.15, 0.2) is 0 Å². The molecule has 1 heterocycles. The molecular weight excluding hydrogens is 172 g/mol. The summed E-state index contributed by atoms with van der Waals surface area (Å²) in [7, 11) is 0. The summed E-state index contributed by atoms with van der Waals surface area (Å²) in [6.45, 7) is 11.8. The molecule has 1 saturated heterocycles. The van der Waals surface area contributed by atoms with Crippen molar-refractivity contribution in [3.8, 4) is 0 Å². The third-order valence-electron chi connectivity index (χ3n) is 3.22. The van der Waals surface area contributed by atoms with Gasteiger partial charge in [0.05, 0.1) is 0 Å². The maximum absolute atomic E-state index is 3.63. The van der Waals surface area contributed by atoms with E-state index in [0.717, 1.165) is 12.0 Å². The van der Waals surface area contributed by atoms with Crippen molar-refractivity contribution in [1.29, 1.82) is 0 Å². The Labute approximate surface area is 89.1 Å². The summed E-state index contributed by atoms with van der Waals surface area (Å²) in [4.78, 5) is 2.57. The smallest absolute Gasteiger partial charge is 0.0197 e. The minimum absolute atomic E-state index is 0.741. The molecule has 0 amide bonds. The molecule has 2 nitrogen and oxygen atoms in total. The lowest BCUT2D eigenvalue weighted by atomic mass is 9.94. The summed E-state index contributed by atoms with van der Waals surface area (Å²) >= 11 is 0. The van der Waals surface area contributed by atoms with Crippen LogP contribution in [0.2, 0.25) is 0 Å². The summed E-state index contributed by atoms with van der Waals surface area (Å²) in [6.07, 6.45) is 3.99. The Bertz CT molecular complexity index is 147. The van der Waals surface area contributed by atoms with E-state index in [2.05, 4.69) is 31.0 Å². The van der Waals surface area contributed by atoms with Crippen LogP contribution in [0.1, 0.15) is 40.0 Å². The highest BCUT2D eigenvalue weighted by Crippen LogP contribution is 2.15. The molecule has 0 radical (unpaired) electrons. The van der Waals surface area contributed by atoms with E-state index in [1.165, 1.54) is 45.4 Å². The molecule has 0 aliphatic carbocycles. The van der Waals surface area contributed by atoms with E-state index < -0.39 is 0 Å². The summed E-state index contributed by atoms with van der Waals surface area (Å²) in [6, 6.07) is 0.741. The highest BCUT2D eigenvalue weighted by molar-refractivity contribution is 4.78. The van der Waals surface area contributed by atoms with Crippen molar-refractivity contribution in [3.63, 3.8) is 0 Å². The van der Waals surface area contributed by atoms with E-state index in [1.54, 1.807) is 0 Å². The Balaban J connectivity index is 2.26. The number of piperidine rings is 1. The lowest BCUT2D eigenvalue weighted by Crippen LogP contribution is -2.45. The van der Waals surface area contributed by atoms with E-state index >= 15 is 0 Å². The van der Waals surface area contributed by atoms with Crippen LogP contribution in [0.4, 0.5) is 0 Å². The monoisotopic (exact) mass is 198 g/mol. The van der Waals surface area contributed by atoms with Gasteiger partial charge in [0.25, 0.3) is 0 Å². The number of hydrogen-bond donors (Lipinski definition) is 1. The first kappa shape index (κ1) is 12.0. The zero-order chi connectivity index (χ0) is 10.4. The Morgan fingerprint density at radius 1 is 1.36 bits per heavy atom. The van der Waals surface area contributed by atoms with Crippen molar-refractivity contribution in [3.05, 3.63) is 0 Å². The molecule has 1 aliphatic rings. The number of hydrogen-bond acceptors (Lipinski definition) is 2. The molecule has 1 N–H and O–H groups in total. The van der Waals surface area contributed by atoms with Crippen LogP contribution in [0, 0.1) is 5.92 Å². The fourth-order valence-electron chi connectivity index (χ4n) is 2.37. The topological polar surface area (TPSA) is 15.3 Å². The molecule has 0 bridgehead atoms. The molecule has 1 fully saturated rings. The fraction of sp³-hybridized carbons (Fsp3) is 1.00. The van der Waals surface area contributed by atoms with Crippen LogP contribution >= 0.6 is 0 Å². The van der Waals surface area contributed by atoms with E-state index in [4.69, 9.17) is 0 Å². The van der Waals surface area contributed by atoms with Crippen LogP contribution in [0.3, 0.4) is 0 Å². The summed E-state index contributed by atoms with van der Waals surface area (Å²) in [5, 5.41) is 3.63. The minimum Gasteiger partial charge on any atom is -0.313 e. The van der Waals surface area contributed by atoms with Gasteiger partial charge < -0.3 is 10.2 Å². The highest BCUT2D eigenvalue weighted by atomic mass is 15.1. The first-order chi connectivity index (χ1) is 6.76. The zero-order valence-corrected chi connectivity index (χ0v) is 10.1. The largest absolute Gasteiger partial charge is 0.313 e. The molecule has 1 rings (SSSR count). The quantitative estimate of drug-likeness (QED) is 0.728. The van der Waals surface area contributed by atoms with Crippen LogP contribution < -0.4 is 5.32 Å². The molecule has 2 heteroatoms. The Kier molecular flexibility index (Phi) is 5.49. The molecule has 0 spiro atoms. The van der Waals surface area contributed by atoms with Crippen molar-refractivity contribution >= 4 is 0 Å². The van der Waals surface area contributed by atoms with Gasteiger partial charge >= 0.3 is 0 Å². The number of rotatable bonds is 5. The normalized spacial score (nSPS) is 28.3. The summed E-state index contributed by atoms with van der Waals surface area (Å²) in [5.41, 5.74) is 0. The van der Waals surface area contributed by atoms with Gasteiger partial charge in [-0.15, -0.1) is 0 Å². The molecule has 84 valence electrons. The summed E-state index contributed by atoms with van der Waals surface area (Å²) in [5.74, 6) is 0.918. The average molecular weight is 198 g/mol. The van der Waals surface area contributed by atoms with Crippen molar-refractivity contribution in [2.75, 3.05) is 26.2 Å². The first-order valence-electron chi connectivity index (χ1n) is 6.22. The van der Waals surface area contributed by atoms with Crippen molar-refractivity contribution in [2.24, 2.45) is 5.92 Å². The SMILES string of the molecule is CCCN(CC)CC1CC(C)CCN1. The van der Waals surface area contributed by atoms with Gasteiger partial charge in [-0.25, -0.2) is 0 Å². The van der Waals surface area contributed by atoms with Gasteiger partial charge in [0, 0.05) is 12.6 Å². The predicted molar refractivity (Wildman–Crippen MR) is 62.6 cm³/mol. The molecule has 2 atom stereocenters. The van der Waals surface area contributed by atoms with Gasteiger partial charge in [0.15, 0.2) is 0 Å². The first-order valence-corrected chi connectivity index (χ1v) is 6.22. The van der Waals surface area contributed by atoms with Gasteiger partial charge in [0.2, 0.25) is 0 Å². The molecule has 0 saturated carbocycles. The summed E-state index contributed by atoms with van der Waals surface area (Å²) < 4.78 is 0. The third kappa shape index (κ3) is 3.97. The average Bonchev–Trinajstić information content (AvgIpc) is 2.17. The van der Waals surface area contributed by atoms with Gasteiger partial charge in [0.1, 0.15) is 0 Å². The fourth-order valence-corrected chi connectivity index (χ4v) is 2.37. The van der Waals surface area contributed by atoms with E-state index in [1.807, 2.05) is 0 Å². The Hall–Kier alpha value is -0.0800.